The van der Waals surface area contributed by atoms with Gasteiger partial charge in [-0.1, -0.05) is 17.7 Å². The molecule has 0 aliphatic carbocycles. The largest absolute Gasteiger partial charge is 0.459 e. The van der Waals surface area contributed by atoms with Crippen molar-refractivity contribution in [2.24, 2.45) is 0 Å². The van der Waals surface area contributed by atoms with E-state index in [-0.39, 0.29) is 12.1 Å². The summed E-state index contributed by atoms with van der Waals surface area (Å²) in [5.41, 5.74) is 1.94. The van der Waals surface area contributed by atoms with Crippen LogP contribution in [0.4, 0.5) is 0 Å². The first-order valence-corrected chi connectivity index (χ1v) is 9.29. The molecule has 2 atom stereocenters. The van der Waals surface area contributed by atoms with Crippen LogP contribution in [-0.4, -0.2) is 21.5 Å². The monoisotopic (exact) mass is 383 g/mol. The third-order valence-corrected chi connectivity index (χ3v) is 5.19. The Morgan fingerprint density at radius 3 is 2.65 bits per heavy atom. The lowest BCUT2D eigenvalue weighted by molar-refractivity contribution is 0.284. The molecule has 0 saturated carbocycles. The van der Waals surface area contributed by atoms with Crippen molar-refractivity contribution in [3.8, 4) is 11.3 Å². The third-order valence-electron chi connectivity index (χ3n) is 4.59. The fourth-order valence-electron chi connectivity index (χ4n) is 3.34. The highest BCUT2D eigenvalue weighted by atomic mass is 35.5. The van der Waals surface area contributed by atoms with E-state index in [1.165, 1.54) is 0 Å². The van der Waals surface area contributed by atoms with Crippen LogP contribution in [0, 0.1) is 0 Å². The fraction of sp³-hybridized carbons (Fsp3) is 0.200. The van der Waals surface area contributed by atoms with E-state index < -0.39 is 0 Å². The maximum Gasteiger partial charge on any atom is 0.170 e. The first-order chi connectivity index (χ1) is 12.7. The van der Waals surface area contributed by atoms with E-state index in [1.807, 2.05) is 54.6 Å². The molecule has 1 aliphatic heterocycles. The summed E-state index contributed by atoms with van der Waals surface area (Å²) in [4.78, 5) is 6.65. The molecule has 0 bridgehead atoms. The number of hydrogen-bond donors (Lipinski definition) is 1. The number of furan rings is 1. The van der Waals surface area contributed by atoms with Crippen LogP contribution in [0.25, 0.3) is 11.3 Å². The van der Waals surface area contributed by atoms with Gasteiger partial charge in [-0.2, -0.15) is 0 Å². The third kappa shape index (κ3) is 3.08. The van der Waals surface area contributed by atoms with E-state index in [0.717, 1.165) is 34.4 Å². The van der Waals surface area contributed by atoms with Crippen LogP contribution >= 0.6 is 23.8 Å². The maximum absolute atomic E-state index is 6.21. The summed E-state index contributed by atoms with van der Waals surface area (Å²) in [6, 6.07) is 17.5. The van der Waals surface area contributed by atoms with Crippen molar-refractivity contribution in [1.82, 2.24) is 15.2 Å². The van der Waals surface area contributed by atoms with Gasteiger partial charge in [0.1, 0.15) is 17.6 Å². The number of nitrogens with zero attached hydrogens (tertiary/aromatic N) is 2. The van der Waals surface area contributed by atoms with Crippen LogP contribution in [0.1, 0.15) is 30.5 Å². The first kappa shape index (κ1) is 17.1. The van der Waals surface area contributed by atoms with Crippen LogP contribution in [-0.2, 0) is 0 Å². The van der Waals surface area contributed by atoms with Gasteiger partial charge in [-0.05, 0) is 67.7 Å². The molecular formula is C20H18ClN3OS. The summed E-state index contributed by atoms with van der Waals surface area (Å²) < 4.78 is 6.21. The van der Waals surface area contributed by atoms with Crippen molar-refractivity contribution < 1.29 is 4.42 Å². The molecule has 4 nitrogen and oxygen atoms in total. The van der Waals surface area contributed by atoms with Gasteiger partial charge in [0, 0.05) is 23.3 Å². The topological polar surface area (TPSA) is 41.3 Å². The number of thiocarbonyl (C=S) groups is 1. The van der Waals surface area contributed by atoms with E-state index >= 15 is 0 Å². The minimum absolute atomic E-state index is 0.0385. The Kier molecular flexibility index (Phi) is 4.66. The molecule has 6 heteroatoms. The summed E-state index contributed by atoms with van der Waals surface area (Å²) in [6.07, 6.45) is 1.80. The second-order valence-corrected chi connectivity index (χ2v) is 6.94. The summed E-state index contributed by atoms with van der Waals surface area (Å²) in [6.45, 7) is 2.88. The second-order valence-electron chi connectivity index (χ2n) is 6.12. The van der Waals surface area contributed by atoms with Gasteiger partial charge in [-0.3, -0.25) is 4.98 Å². The van der Waals surface area contributed by atoms with Gasteiger partial charge in [-0.15, -0.1) is 0 Å². The number of halogens is 1. The molecule has 1 aromatic carbocycles. The Morgan fingerprint density at radius 2 is 1.96 bits per heavy atom. The van der Waals surface area contributed by atoms with Gasteiger partial charge in [0.15, 0.2) is 5.11 Å². The fourth-order valence-corrected chi connectivity index (χ4v) is 3.83. The lowest BCUT2D eigenvalue weighted by Crippen LogP contribution is -2.29. The van der Waals surface area contributed by atoms with Crippen LogP contribution in [0.5, 0.6) is 0 Å². The summed E-state index contributed by atoms with van der Waals surface area (Å²) in [7, 11) is 0. The number of nitrogens with one attached hydrogen (secondary N) is 1. The minimum atomic E-state index is -0.0483. The molecule has 0 radical (unpaired) electrons. The molecule has 1 fully saturated rings. The molecule has 0 amide bonds. The van der Waals surface area contributed by atoms with Gasteiger partial charge in [0.25, 0.3) is 0 Å². The number of hydrogen-bond acceptors (Lipinski definition) is 3. The highest BCUT2D eigenvalue weighted by Gasteiger charge is 2.40. The van der Waals surface area contributed by atoms with Crippen molar-refractivity contribution in [3.63, 3.8) is 0 Å². The van der Waals surface area contributed by atoms with Gasteiger partial charge < -0.3 is 14.6 Å². The van der Waals surface area contributed by atoms with Crippen LogP contribution in [0.2, 0.25) is 5.02 Å². The molecule has 26 heavy (non-hydrogen) atoms. The molecule has 0 spiro atoms. The Bertz CT molecular complexity index is 910. The molecular weight excluding hydrogens is 366 g/mol. The molecule has 3 heterocycles. The van der Waals surface area contributed by atoms with E-state index in [1.54, 1.807) is 6.20 Å². The Morgan fingerprint density at radius 1 is 1.15 bits per heavy atom. The minimum Gasteiger partial charge on any atom is -0.459 e. The molecule has 1 saturated heterocycles. The van der Waals surface area contributed by atoms with Gasteiger partial charge in [-0.25, -0.2) is 0 Å². The number of aromatic nitrogens is 1. The van der Waals surface area contributed by atoms with Crippen molar-refractivity contribution >= 4 is 28.9 Å². The van der Waals surface area contributed by atoms with E-state index in [0.29, 0.717) is 5.02 Å². The zero-order valence-corrected chi connectivity index (χ0v) is 15.8. The Hall–Kier alpha value is -2.37. The zero-order valence-electron chi connectivity index (χ0n) is 14.2. The predicted molar refractivity (Wildman–Crippen MR) is 107 cm³/mol. The highest BCUT2D eigenvalue weighted by Crippen LogP contribution is 2.40. The molecule has 132 valence electrons. The molecule has 0 unspecified atom stereocenters. The predicted octanol–water partition coefficient (Wildman–Crippen LogP) is 4.99. The normalized spacial score (nSPS) is 19.6. The average molecular weight is 384 g/mol. The molecule has 4 rings (SSSR count). The highest BCUT2D eigenvalue weighted by molar-refractivity contribution is 7.80. The van der Waals surface area contributed by atoms with Crippen molar-refractivity contribution in [2.45, 2.75) is 19.0 Å². The zero-order chi connectivity index (χ0) is 18.1. The van der Waals surface area contributed by atoms with Crippen molar-refractivity contribution in [3.05, 3.63) is 77.3 Å². The summed E-state index contributed by atoms with van der Waals surface area (Å²) >= 11 is 11.5. The quantitative estimate of drug-likeness (QED) is 0.643. The van der Waals surface area contributed by atoms with Gasteiger partial charge in [0.2, 0.25) is 0 Å². The van der Waals surface area contributed by atoms with E-state index in [2.05, 4.69) is 22.1 Å². The number of benzene rings is 1. The van der Waals surface area contributed by atoms with Gasteiger partial charge >= 0.3 is 0 Å². The average Bonchev–Trinajstić information content (AvgIpc) is 3.27. The maximum atomic E-state index is 6.21. The summed E-state index contributed by atoms with van der Waals surface area (Å²) in [5.74, 6) is 1.67. The standard InChI is InChI=1S/C20H18ClN3OS/c1-2-24-19(18(23-20(24)26)15-5-3-4-12-22-15)17-11-10-16(25-17)13-6-8-14(21)9-7-13/h3-12,18-19H,2H2,1H3,(H,23,26)/t18-,19-/m1/s1. The number of likely N-dealkylation sites (N-methyl/N-ethyl adjacent to an activating group) is 1. The number of pyridine rings is 1. The molecule has 2 aromatic heterocycles. The molecule has 1 N–H and O–H groups in total. The van der Waals surface area contributed by atoms with Gasteiger partial charge in [0.05, 0.1) is 11.7 Å². The SMILES string of the molecule is CCN1C(=S)N[C@H](c2ccccn2)[C@H]1c1ccc(-c2ccc(Cl)cc2)o1. The first-order valence-electron chi connectivity index (χ1n) is 8.51. The Labute approximate surface area is 162 Å². The smallest absolute Gasteiger partial charge is 0.170 e. The number of rotatable bonds is 4. The lowest BCUT2D eigenvalue weighted by Gasteiger charge is -2.24. The molecule has 1 aliphatic rings. The second kappa shape index (κ2) is 7.09. The van der Waals surface area contributed by atoms with Crippen molar-refractivity contribution in [1.29, 1.82) is 0 Å². The van der Waals surface area contributed by atoms with E-state index in [9.17, 15) is 0 Å². The van der Waals surface area contributed by atoms with Crippen LogP contribution in [0.15, 0.2) is 65.2 Å². The Balaban J connectivity index is 1.71. The lowest BCUT2D eigenvalue weighted by atomic mass is 10.0. The van der Waals surface area contributed by atoms with Crippen LogP contribution in [0.3, 0.4) is 0 Å². The van der Waals surface area contributed by atoms with Crippen LogP contribution < -0.4 is 5.32 Å². The van der Waals surface area contributed by atoms with E-state index in [4.69, 9.17) is 28.2 Å². The van der Waals surface area contributed by atoms with Crippen molar-refractivity contribution in [2.75, 3.05) is 6.54 Å². The molecule has 3 aromatic rings. The summed E-state index contributed by atoms with van der Waals surface area (Å²) in [5, 5.41) is 4.82.